The normalized spacial score (nSPS) is 23.1. The lowest BCUT2D eigenvalue weighted by Gasteiger charge is -2.46. The van der Waals surface area contributed by atoms with Crippen molar-refractivity contribution in [2.75, 3.05) is 19.6 Å². The Bertz CT molecular complexity index is 461. The van der Waals surface area contributed by atoms with Crippen LogP contribution in [0.15, 0.2) is 18.2 Å². The van der Waals surface area contributed by atoms with E-state index < -0.39 is 0 Å². The Kier molecular flexibility index (Phi) is 4.34. The third kappa shape index (κ3) is 3.19. The summed E-state index contributed by atoms with van der Waals surface area (Å²) in [6, 6.07) is 6.43. The van der Waals surface area contributed by atoms with Crippen molar-refractivity contribution in [3.8, 4) is 0 Å². The lowest BCUT2D eigenvalue weighted by Crippen LogP contribution is -2.60. The number of rotatable bonds is 2. The summed E-state index contributed by atoms with van der Waals surface area (Å²) < 4.78 is 0. The Morgan fingerprint density at radius 1 is 1.25 bits per heavy atom. The van der Waals surface area contributed by atoms with E-state index in [1.165, 1.54) is 49.8 Å². The minimum Gasteiger partial charge on any atom is -0.309 e. The molecule has 0 atom stereocenters. The van der Waals surface area contributed by atoms with Gasteiger partial charge in [-0.2, -0.15) is 0 Å². The van der Waals surface area contributed by atoms with Crippen molar-refractivity contribution in [1.29, 1.82) is 0 Å². The van der Waals surface area contributed by atoms with E-state index in [0.29, 0.717) is 5.54 Å². The summed E-state index contributed by atoms with van der Waals surface area (Å²) in [7, 11) is 0. The second-order valence-corrected chi connectivity index (χ2v) is 6.98. The van der Waals surface area contributed by atoms with Crippen LogP contribution in [-0.2, 0) is 6.54 Å². The van der Waals surface area contributed by atoms with Gasteiger partial charge in [0.1, 0.15) is 0 Å². The molecule has 1 saturated carbocycles. The van der Waals surface area contributed by atoms with Crippen molar-refractivity contribution in [1.82, 2.24) is 10.2 Å². The molecule has 1 aliphatic heterocycles. The minimum atomic E-state index is 0.383. The zero-order valence-electron chi connectivity index (χ0n) is 12.4. The predicted octanol–water partition coefficient (Wildman–Crippen LogP) is 3.76. The van der Waals surface area contributed by atoms with E-state index in [-0.39, 0.29) is 0 Å². The Balaban J connectivity index is 1.68. The molecular formula is C17H25ClN2. The van der Waals surface area contributed by atoms with Gasteiger partial charge in [0.15, 0.2) is 0 Å². The number of benzene rings is 1. The van der Waals surface area contributed by atoms with Crippen molar-refractivity contribution in [2.24, 2.45) is 0 Å². The standard InChI is InChI=1S/C17H25ClN2/c1-14-5-6-15(16(18)11-14)12-20-10-9-19-17(13-20)7-3-2-4-8-17/h5-6,11,19H,2-4,7-10,12-13H2,1H3. The van der Waals surface area contributed by atoms with E-state index >= 15 is 0 Å². The molecule has 1 saturated heterocycles. The van der Waals surface area contributed by atoms with Crippen LogP contribution in [0, 0.1) is 6.92 Å². The Morgan fingerprint density at radius 2 is 2.05 bits per heavy atom. The number of aryl methyl sites for hydroxylation is 1. The topological polar surface area (TPSA) is 15.3 Å². The van der Waals surface area contributed by atoms with Crippen LogP contribution in [0.3, 0.4) is 0 Å². The van der Waals surface area contributed by atoms with Crippen LogP contribution in [0.2, 0.25) is 5.02 Å². The summed E-state index contributed by atoms with van der Waals surface area (Å²) in [6.45, 7) is 6.51. The van der Waals surface area contributed by atoms with Gasteiger partial charge in [0.25, 0.3) is 0 Å². The summed E-state index contributed by atoms with van der Waals surface area (Å²) in [6.07, 6.45) is 6.85. The second-order valence-electron chi connectivity index (χ2n) is 6.57. The molecule has 1 aliphatic carbocycles. The summed E-state index contributed by atoms with van der Waals surface area (Å²) in [5.41, 5.74) is 2.89. The van der Waals surface area contributed by atoms with Crippen LogP contribution in [0.5, 0.6) is 0 Å². The van der Waals surface area contributed by atoms with Gasteiger partial charge in [-0.05, 0) is 37.0 Å². The van der Waals surface area contributed by atoms with E-state index in [0.717, 1.165) is 24.7 Å². The number of halogens is 1. The molecule has 0 radical (unpaired) electrons. The fourth-order valence-corrected chi connectivity index (χ4v) is 4.06. The maximum Gasteiger partial charge on any atom is 0.0453 e. The van der Waals surface area contributed by atoms with Gasteiger partial charge < -0.3 is 5.32 Å². The van der Waals surface area contributed by atoms with Crippen molar-refractivity contribution in [3.63, 3.8) is 0 Å². The highest BCUT2D eigenvalue weighted by atomic mass is 35.5. The molecule has 20 heavy (non-hydrogen) atoms. The molecule has 3 rings (SSSR count). The monoisotopic (exact) mass is 292 g/mol. The molecule has 0 aromatic heterocycles. The average Bonchev–Trinajstić information content (AvgIpc) is 2.43. The highest BCUT2D eigenvalue weighted by Crippen LogP contribution is 2.31. The highest BCUT2D eigenvalue weighted by molar-refractivity contribution is 6.31. The molecule has 1 aromatic rings. The predicted molar refractivity (Wildman–Crippen MR) is 85.3 cm³/mol. The SMILES string of the molecule is Cc1ccc(CN2CCNC3(CCCCC3)C2)c(Cl)c1. The summed E-state index contributed by atoms with van der Waals surface area (Å²) >= 11 is 6.38. The molecular weight excluding hydrogens is 268 g/mol. The van der Waals surface area contributed by atoms with Gasteiger partial charge in [-0.25, -0.2) is 0 Å². The van der Waals surface area contributed by atoms with Gasteiger partial charge >= 0.3 is 0 Å². The van der Waals surface area contributed by atoms with Gasteiger partial charge in [0.05, 0.1) is 0 Å². The molecule has 2 nitrogen and oxygen atoms in total. The number of nitrogens with one attached hydrogen (secondary N) is 1. The van der Waals surface area contributed by atoms with E-state index in [4.69, 9.17) is 11.6 Å². The number of hydrogen-bond donors (Lipinski definition) is 1. The molecule has 0 amide bonds. The third-order valence-corrected chi connectivity index (χ3v) is 5.22. The maximum atomic E-state index is 6.38. The zero-order chi connectivity index (χ0) is 14.0. The Labute approximate surface area is 127 Å². The largest absolute Gasteiger partial charge is 0.309 e. The zero-order valence-corrected chi connectivity index (χ0v) is 13.2. The third-order valence-electron chi connectivity index (χ3n) is 4.87. The first-order valence-corrected chi connectivity index (χ1v) is 8.27. The first kappa shape index (κ1) is 14.4. The summed E-state index contributed by atoms with van der Waals surface area (Å²) in [5, 5.41) is 4.72. The molecule has 2 aliphatic rings. The lowest BCUT2D eigenvalue weighted by molar-refractivity contribution is 0.0945. The van der Waals surface area contributed by atoms with E-state index in [9.17, 15) is 0 Å². The number of piperazine rings is 1. The maximum absolute atomic E-state index is 6.38. The van der Waals surface area contributed by atoms with Gasteiger partial charge in [-0.3, -0.25) is 4.90 Å². The fraction of sp³-hybridized carbons (Fsp3) is 0.647. The van der Waals surface area contributed by atoms with Crippen molar-refractivity contribution in [2.45, 2.75) is 51.1 Å². The lowest BCUT2D eigenvalue weighted by atomic mass is 9.80. The first-order chi connectivity index (χ1) is 9.67. The van der Waals surface area contributed by atoms with E-state index in [1.54, 1.807) is 0 Å². The van der Waals surface area contributed by atoms with Crippen LogP contribution < -0.4 is 5.32 Å². The molecule has 3 heteroatoms. The summed E-state index contributed by atoms with van der Waals surface area (Å²) in [4.78, 5) is 2.58. The molecule has 0 bridgehead atoms. The minimum absolute atomic E-state index is 0.383. The van der Waals surface area contributed by atoms with Crippen molar-refractivity contribution < 1.29 is 0 Å². The van der Waals surface area contributed by atoms with E-state index in [1.807, 2.05) is 0 Å². The second kappa shape index (κ2) is 6.05. The molecule has 1 N–H and O–H groups in total. The molecule has 1 spiro atoms. The smallest absolute Gasteiger partial charge is 0.0453 e. The average molecular weight is 293 g/mol. The molecule has 2 fully saturated rings. The summed E-state index contributed by atoms with van der Waals surface area (Å²) in [5.74, 6) is 0. The van der Waals surface area contributed by atoms with Crippen molar-refractivity contribution >= 4 is 11.6 Å². The number of nitrogens with zero attached hydrogens (tertiary/aromatic N) is 1. The molecule has 0 unspecified atom stereocenters. The van der Waals surface area contributed by atoms with Gasteiger partial charge in [0.2, 0.25) is 0 Å². The molecule has 1 aromatic carbocycles. The number of hydrogen-bond acceptors (Lipinski definition) is 2. The van der Waals surface area contributed by atoms with Gasteiger partial charge in [-0.1, -0.05) is 43.0 Å². The van der Waals surface area contributed by atoms with Crippen LogP contribution in [-0.4, -0.2) is 30.1 Å². The Morgan fingerprint density at radius 3 is 2.80 bits per heavy atom. The first-order valence-electron chi connectivity index (χ1n) is 7.89. The highest BCUT2D eigenvalue weighted by Gasteiger charge is 2.35. The fourth-order valence-electron chi connectivity index (χ4n) is 3.76. The van der Waals surface area contributed by atoms with E-state index in [2.05, 4.69) is 35.3 Å². The van der Waals surface area contributed by atoms with Crippen LogP contribution in [0.25, 0.3) is 0 Å². The van der Waals surface area contributed by atoms with Gasteiger partial charge in [0, 0.05) is 36.7 Å². The van der Waals surface area contributed by atoms with Crippen LogP contribution in [0.1, 0.15) is 43.2 Å². The van der Waals surface area contributed by atoms with Gasteiger partial charge in [-0.15, -0.1) is 0 Å². The Hall–Kier alpha value is -0.570. The van der Waals surface area contributed by atoms with Crippen LogP contribution >= 0.6 is 11.6 Å². The van der Waals surface area contributed by atoms with Crippen molar-refractivity contribution in [3.05, 3.63) is 34.3 Å². The quantitative estimate of drug-likeness (QED) is 0.893. The molecule has 1 heterocycles. The van der Waals surface area contributed by atoms with Crippen LogP contribution in [0.4, 0.5) is 0 Å². The molecule has 110 valence electrons.